The molecule has 1 fully saturated rings. The number of amides is 1. The summed E-state index contributed by atoms with van der Waals surface area (Å²) >= 11 is 0. The van der Waals surface area contributed by atoms with Crippen molar-refractivity contribution in [3.05, 3.63) is 12.2 Å². The van der Waals surface area contributed by atoms with Crippen molar-refractivity contribution in [1.29, 1.82) is 0 Å². The molecule has 0 saturated carbocycles. The summed E-state index contributed by atoms with van der Waals surface area (Å²) in [6, 6.07) is 0.582. The lowest BCUT2D eigenvalue weighted by molar-refractivity contribution is -0.126. The van der Waals surface area contributed by atoms with E-state index in [0.29, 0.717) is 6.04 Å². The first-order valence-electron chi connectivity index (χ1n) is 8.99. The Bertz CT molecular complexity index is 340. The maximum Gasteiger partial charge on any atom is 0.224 e. The molecule has 3 heteroatoms. The number of hydrogen-bond donors (Lipinski definition) is 1. The standard InChI is InChI=1S/C18H32N2O/c1-2-3-4-8-13-19-18(21)16-10-9-14-20(15-16)17-11-6-5-7-12-17/h6,11,16-17H,2-5,7-10,12-15H2,1H3,(H,19,21). The first-order valence-corrected chi connectivity index (χ1v) is 8.99. The molecular formula is C18H32N2O. The van der Waals surface area contributed by atoms with Crippen LogP contribution in [0.15, 0.2) is 12.2 Å². The average Bonchev–Trinajstić information content (AvgIpc) is 2.55. The lowest BCUT2D eigenvalue weighted by Crippen LogP contribution is -2.47. The fourth-order valence-corrected chi connectivity index (χ4v) is 3.53. The molecule has 1 N–H and O–H groups in total. The number of allylic oxidation sites excluding steroid dienone is 1. The zero-order valence-electron chi connectivity index (χ0n) is 13.7. The highest BCUT2D eigenvalue weighted by atomic mass is 16.1. The first-order chi connectivity index (χ1) is 10.3. The molecule has 0 aromatic carbocycles. The van der Waals surface area contributed by atoms with E-state index >= 15 is 0 Å². The molecular weight excluding hydrogens is 260 g/mol. The number of carbonyl (C=O) groups is 1. The van der Waals surface area contributed by atoms with E-state index < -0.39 is 0 Å². The monoisotopic (exact) mass is 292 g/mol. The number of carbonyl (C=O) groups excluding carboxylic acids is 1. The van der Waals surface area contributed by atoms with Gasteiger partial charge in [0.25, 0.3) is 0 Å². The van der Waals surface area contributed by atoms with E-state index in [-0.39, 0.29) is 11.8 Å². The molecule has 2 unspecified atom stereocenters. The molecule has 2 atom stereocenters. The number of nitrogens with one attached hydrogen (secondary N) is 1. The topological polar surface area (TPSA) is 32.3 Å². The van der Waals surface area contributed by atoms with Gasteiger partial charge in [-0.25, -0.2) is 0 Å². The summed E-state index contributed by atoms with van der Waals surface area (Å²) in [6.07, 6.45) is 15.6. The van der Waals surface area contributed by atoms with E-state index in [9.17, 15) is 4.79 Å². The van der Waals surface area contributed by atoms with E-state index in [1.165, 1.54) is 38.5 Å². The molecule has 0 aromatic rings. The van der Waals surface area contributed by atoms with E-state index in [2.05, 4.69) is 29.3 Å². The van der Waals surface area contributed by atoms with Gasteiger partial charge in [0.15, 0.2) is 0 Å². The Balaban J connectivity index is 1.71. The van der Waals surface area contributed by atoms with Crippen LogP contribution in [0.4, 0.5) is 0 Å². The van der Waals surface area contributed by atoms with Crippen LogP contribution >= 0.6 is 0 Å². The molecule has 2 aliphatic rings. The molecule has 21 heavy (non-hydrogen) atoms. The van der Waals surface area contributed by atoms with Crippen molar-refractivity contribution in [2.24, 2.45) is 5.92 Å². The normalized spacial score (nSPS) is 26.7. The van der Waals surface area contributed by atoms with Gasteiger partial charge in [-0.2, -0.15) is 0 Å². The summed E-state index contributed by atoms with van der Waals surface area (Å²) in [5, 5.41) is 3.15. The molecule has 3 nitrogen and oxygen atoms in total. The SMILES string of the molecule is CCCCCCNC(=O)C1CCCN(C2C=CCCC2)C1. The average molecular weight is 292 g/mol. The van der Waals surface area contributed by atoms with Crippen LogP contribution in [0.5, 0.6) is 0 Å². The van der Waals surface area contributed by atoms with Crippen LogP contribution in [0.2, 0.25) is 0 Å². The quantitative estimate of drug-likeness (QED) is 0.575. The molecule has 120 valence electrons. The van der Waals surface area contributed by atoms with Crippen LogP contribution < -0.4 is 5.32 Å². The molecule has 2 rings (SSSR count). The minimum atomic E-state index is 0.209. The fourth-order valence-electron chi connectivity index (χ4n) is 3.53. The Morgan fingerprint density at radius 2 is 2.14 bits per heavy atom. The number of piperidine rings is 1. The number of nitrogens with zero attached hydrogens (tertiary/aromatic N) is 1. The van der Waals surface area contributed by atoms with Gasteiger partial charge < -0.3 is 5.32 Å². The summed E-state index contributed by atoms with van der Waals surface area (Å²) in [6.45, 7) is 5.19. The minimum absolute atomic E-state index is 0.209. The van der Waals surface area contributed by atoms with Gasteiger partial charge in [-0.15, -0.1) is 0 Å². The van der Waals surface area contributed by atoms with Gasteiger partial charge in [0.1, 0.15) is 0 Å². The molecule has 1 saturated heterocycles. The Labute approximate surface area is 130 Å². The van der Waals surface area contributed by atoms with Crippen molar-refractivity contribution < 1.29 is 4.79 Å². The molecule has 1 aliphatic heterocycles. The summed E-state index contributed by atoms with van der Waals surface area (Å²) in [4.78, 5) is 14.8. The maximum atomic E-state index is 12.3. The highest BCUT2D eigenvalue weighted by Crippen LogP contribution is 2.23. The van der Waals surface area contributed by atoms with E-state index in [4.69, 9.17) is 0 Å². The third-order valence-corrected chi connectivity index (χ3v) is 4.85. The second kappa shape index (κ2) is 9.24. The van der Waals surface area contributed by atoms with E-state index in [0.717, 1.165) is 38.9 Å². The third-order valence-electron chi connectivity index (χ3n) is 4.85. The second-order valence-electron chi connectivity index (χ2n) is 6.61. The van der Waals surface area contributed by atoms with Gasteiger partial charge >= 0.3 is 0 Å². The summed E-state index contributed by atoms with van der Waals surface area (Å²) in [5.41, 5.74) is 0. The predicted octanol–water partition coefficient (Wildman–Crippen LogP) is 3.50. The van der Waals surface area contributed by atoms with Crippen LogP contribution in [-0.4, -0.2) is 36.5 Å². The highest BCUT2D eigenvalue weighted by molar-refractivity contribution is 5.78. The minimum Gasteiger partial charge on any atom is -0.356 e. The molecule has 1 aliphatic carbocycles. The zero-order valence-corrected chi connectivity index (χ0v) is 13.7. The van der Waals surface area contributed by atoms with Crippen LogP contribution in [0.3, 0.4) is 0 Å². The predicted molar refractivity (Wildman–Crippen MR) is 88.2 cm³/mol. The molecule has 0 radical (unpaired) electrons. The van der Waals surface area contributed by atoms with Crippen molar-refractivity contribution in [1.82, 2.24) is 10.2 Å². The van der Waals surface area contributed by atoms with Gasteiger partial charge in [-0.1, -0.05) is 38.3 Å². The first kappa shape index (κ1) is 16.5. The number of rotatable bonds is 7. The highest BCUT2D eigenvalue weighted by Gasteiger charge is 2.28. The van der Waals surface area contributed by atoms with Crippen LogP contribution in [-0.2, 0) is 4.79 Å². The van der Waals surface area contributed by atoms with E-state index in [1.54, 1.807) is 0 Å². The zero-order chi connectivity index (χ0) is 14.9. The Kier molecular flexibility index (Phi) is 7.28. The molecule has 0 bridgehead atoms. The molecule has 1 amide bonds. The van der Waals surface area contributed by atoms with Crippen molar-refractivity contribution in [3.63, 3.8) is 0 Å². The summed E-state index contributed by atoms with van der Waals surface area (Å²) in [7, 11) is 0. The van der Waals surface area contributed by atoms with Gasteiger partial charge in [-0.05, 0) is 45.1 Å². The smallest absolute Gasteiger partial charge is 0.224 e. The number of likely N-dealkylation sites (tertiary alicyclic amines) is 1. The molecule has 0 aromatic heterocycles. The lowest BCUT2D eigenvalue weighted by Gasteiger charge is -2.37. The van der Waals surface area contributed by atoms with Crippen molar-refractivity contribution in [3.8, 4) is 0 Å². The van der Waals surface area contributed by atoms with Crippen LogP contribution in [0.25, 0.3) is 0 Å². The van der Waals surface area contributed by atoms with Gasteiger partial charge in [0.05, 0.1) is 5.92 Å². The van der Waals surface area contributed by atoms with Crippen molar-refractivity contribution >= 4 is 5.91 Å². The fraction of sp³-hybridized carbons (Fsp3) is 0.833. The second-order valence-corrected chi connectivity index (χ2v) is 6.61. The van der Waals surface area contributed by atoms with Gasteiger partial charge in [-0.3, -0.25) is 9.69 Å². The maximum absolute atomic E-state index is 12.3. The lowest BCUT2D eigenvalue weighted by atomic mass is 9.93. The van der Waals surface area contributed by atoms with Crippen LogP contribution in [0.1, 0.15) is 64.7 Å². The van der Waals surface area contributed by atoms with Gasteiger partial charge in [0, 0.05) is 19.1 Å². The Morgan fingerprint density at radius 3 is 2.90 bits per heavy atom. The largest absolute Gasteiger partial charge is 0.356 e. The van der Waals surface area contributed by atoms with Crippen LogP contribution in [0, 0.1) is 5.92 Å². The van der Waals surface area contributed by atoms with E-state index in [1.807, 2.05) is 0 Å². The number of unbranched alkanes of at least 4 members (excludes halogenated alkanes) is 3. The third kappa shape index (κ3) is 5.46. The molecule has 1 heterocycles. The number of hydrogen-bond acceptors (Lipinski definition) is 2. The van der Waals surface area contributed by atoms with Crippen molar-refractivity contribution in [2.45, 2.75) is 70.8 Å². The Morgan fingerprint density at radius 1 is 1.24 bits per heavy atom. The summed E-state index contributed by atoms with van der Waals surface area (Å²) < 4.78 is 0. The Hall–Kier alpha value is -0.830. The van der Waals surface area contributed by atoms with Gasteiger partial charge in [0.2, 0.25) is 5.91 Å². The van der Waals surface area contributed by atoms with Crippen molar-refractivity contribution in [2.75, 3.05) is 19.6 Å². The summed E-state index contributed by atoms with van der Waals surface area (Å²) in [5.74, 6) is 0.497. The molecule has 0 spiro atoms.